The summed E-state index contributed by atoms with van der Waals surface area (Å²) in [6.07, 6.45) is -1.46. The lowest BCUT2D eigenvalue weighted by Gasteiger charge is -2.26. The van der Waals surface area contributed by atoms with Gasteiger partial charge in [0.2, 0.25) is 6.10 Å². The number of aliphatic carboxylic acids is 1. The van der Waals surface area contributed by atoms with E-state index in [-0.39, 0.29) is 10.8 Å². The van der Waals surface area contributed by atoms with Crippen LogP contribution in [0.15, 0.2) is 18.2 Å². The number of benzene rings is 1. The van der Waals surface area contributed by atoms with Crippen LogP contribution in [-0.4, -0.2) is 37.1 Å². The Hall–Kier alpha value is -0.780. The molecule has 1 unspecified atom stereocenters. The zero-order chi connectivity index (χ0) is 16.2. The summed E-state index contributed by atoms with van der Waals surface area (Å²) in [5.41, 5.74) is -1.04. The summed E-state index contributed by atoms with van der Waals surface area (Å²) in [7, 11) is -1.27. The molecule has 0 bridgehead atoms. The van der Waals surface area contributed by atoms with E-state index >= 15 is 0 Å². The molecule has 1 aromatic rings. The number of carboxylic acids is 1. The van der Waals surface area contributed by atoms with Crippen LogP contribution in [-0.2, 0) is 18.4 Å². The van der Waals surface area contributed by atoms with Crippen LogP contribution in [0, 0.1) is 0 Å². The van der Waals surface area contributed by atoms with E-state index in [0.29, 0.717) is 5.02 Å². The Morgan fingerprint density at radius 3 is 2.29 bits per heavy atom. The third-order valence-electron chi connectivity index (χ3n) is 2.84. The molecule has 0 saturated heterocycles. The standard InChI is InChI=1S/C12H15Cl2O6P/c1-7(21(17,18-2)19-3)11(12(15)16)20-10-5-4-8(13)6-9(10)14/h4-7,11H,1-3H3,(H,15,16)/t7?,11-/m1/s1. The number of ether oxygens (including phenoxy) is 1. The van der Waals surface area contributed by atoms with Gasteiger partial charge in [0, 0.05) is 19.2 Å². The first-order valence-corrected chi connectivity index (χ1v) is 8.17. The Balaban J connectivity index is 3.08. The Labute approximate surface area is 132 Å². The van der Waals surface area contributed by atoms with Crippen LogP contribution in [0.4, 0.5) is 0 Å². The zero-order valence-corrected chi connectivity index (χ0v) is 14.0. The fraction of sp³-hybridized carbons (Fsp3) is 0.417. The van der Waals surface area contributed by atoms with Crippen LogP contribution in [0.1, 0.15) is 6.92 Å². The number of halogens is 2. The molecule has 0 heterocycles. The smallest absolute Gasteiger partial charge is 0.345 e. The molecule has 0 aromatic heterocycles. The van der Waals surface area contributed by atoms with Crippen molar-refractivity contribution in [3.8, 4) is 5.75 Å². The number of carboxylic acid groups (broad SMARTS) is 1. The maximum Gasteiger partial charge on any atom is 0.345 e. The fourth-order valence-electron chi connectivity index (χ4n) is 1.64. The topological polar surface area (TPSA) is 82.1 Å². The van der Waals surface area contributed by atoms with E-state index in [1.54, 1.807) is 0 Å². The molecule has 1 rings (SSSR count). The van der Waals surface area contributed by atoms with Gasteiger partial charge in [0.15, 0.2) is 0 Å². The maximum absolute atomic E-state index is 12.3. The number of hydrogen-bond donors (Lipinski definition) is 1. The first-order valence-electron chi connectivity index (χ1n) is 5.81. The molecule has 0 fully saturated rings. The number of hydrogen-bond acceptors (Lipinski definition) is 5. The molecule has 118 valence electrons. The molecule has 2 atom stereocenters. The predicted molar refractivity (Wildman–Crippen MR) is 79.6 cm³/mol. The minimum absolute atomic E-state index is 0.110. The van der Waals surface area contributed by atoms with Gasteiger partial charge in [0.1, 0.15) is 11.4 Å². The molecular weight excluding hydrogens is 342 g/mol. The second-order valence-corrected chi connectivity index (χ2v) is 7.57. The van der Waals surface area contributed by atoms with E-state index < -0.39 is 25.3 Å². The Morgan fingerprint density at radius 1 is 1.29 bits per heavy atom. The highest BCUT2D eigenvalue weighted by Crippen LogP contribution is 2.53. The van der Waals surface area contributed by atoms with Gasteiger partial charge in [-0.25, -0.2) is 4.79 Å². The van der Waals surface area contributed by atoms with Gasteiger partial charge in [-0.3, -0.25) is 4.57 Å². The number of rotatable bonds is 7. The Kier molecular flexibility index (Phi) is 6.50. The second kappa shape index (κ2) is 7.47. The van der Waals surface area contributed by atoms with Crippen molar-refractivity contribution in [1.82, 2.24) is 0 Å². The van der Waals surface area contributed by atoms with Gasteiger partial charge in [0.25, 0.3) is 0 Å². The summed E-state index contributed by atoms with van der Waals surface area (Å²) >= 11 is 11.7. The van der Waals surface area contributed by atoms with Crippen LogP contribution in [0.3, 0.4) is 0 Å². The average molecular weight is 357 g/mol. The largest absolute Gasteiger partial charge is 0.478 e. The fourth-order valence-corrected chi connectivity index (χ4v) is 3.42. The van der Waals surface area contributed by atoms with Gasteiger partial charge in [-0.15, -0.1) is 0 Å². The summed E-state index contributed by atoms with van der Waals surface area (Å²) in [4.78, 5) is 11.4. The lowest BCUT2D eigenvalue weighted by molar-refractivity contribution is -0.145. The summed E-state index contributed by atoms with van der Waals surface area (Å²) in [6, 6.07) is 4.34. The van der Waals surface area contributed by atoms with Crippen molar-refractivity contribution in [3.05, 3.63) is 28.2 Å². The minimum atomic E-state index is -3.62. The Morgan fingerprint density at radius 2 is 1.86 bits per heavy atom. The van der Waals surface area contributed by atoms with E-state index in [1.807, 2.05) is 0 Å². The molecule has 0 aliphatic carbocycles. The first-order chi connectivity index (χ1) is 9.75. The highest BCUT2D eigenvalue weighted by Gasteiger charge is 2.42. The lowest BCUT2D eigenvalue weighted by atomic mass is 10.2. The van der Waals surface area contributed by atoms with Gasteiger partial charge in [-0.2, -0.15) is 0 Å². The van der Waals surface area contributed by atoms with Crippen molar-refractivity contribution in [2.45, 2.75) is 18.7 Å². The Bertz CT molecular complexity index is 557. The highest BCUT2D eigenvalue weighted by molar-refractivity contribution is 7.54. The lowest BCUT2D eigenvalue weighted by Crippen LogP contribution is -2.38. The summed E-state index contributed by atoms with van der Waals surface area (Å²) in [5.74, 6) is -1.21. The van der Waals surface area contributed by atoms with Crippen LogP contribution in [0.5, 0.6) is 5.75 Å². The highest BCUT2D eigenvalue weighted by atomic mass is 35.5. The summed E-state index contributed by atoms with van der Waals surface area (Å²) in [6.45, 7) is 1.40. The van der Waals surface area contributed by atoms with Crippen molar-refractivity contribution in [2.75, 3.05) is 14.2 Å². The third-order valence-corrected chi connectivity index (χ3v) is 5.65. The summed E-state index contributed by atoms with van der Waals surface area (Å²) < 4.78 is 27.2. The SMILES string of the molecule is COP(=O)(OC)C(C)[C@@H](Oc1ccc(Cl)cc1Cl)C(=O)O. The molecule has 1 N–H and O–H groups in total. The molecule has 0 saturated carbocycles. The van der Waals surface area contributed by atoms with Gasteiger partial charge in [-0.05, 0) is 25.1 Å². The van der Waals surface area contributed by atoms with E-state index in [4.69, 9.17) is 37.0 Å². The molecule has 0 aliphatic rings. The van der Waals surface area contributed by atoms with Crippen molar-refractivity contribution in [1.29, 1.82) is 0 Å². The van der Waals surface area contributed by atoms with Crippen molar-refractivity contribution in [2.24, 2.45) is 0 Å². The summed E-state index contributed by atoms with van der Waals surface area (Å²) in [5, 5.41) is 9.80. The normalized spacial score (nSPS) is 14.5. The molecule has 1 aromatic carbocycles. The minimum Gasteiger partial charge on any atom is -0.478 e. The predicted octanol–water partition coefficient (Wildman–Crippen LogP) is 3.70. The van der Waals surface area contributed by atoms with E-state index in [1.165, 1.54) is 39.3 Å². The molecule has 0 aliphatic heterocycles. The quantitative estimate of drug-likeness (QED) is 0.750. The van der Waals surface area contributed by atoms with E-state index in [2.05, 4.69) is 0 Å². The number of carbonyl (C=O) groups is 1. The monoisotopic (exact) mass is 356 g/mol. The second-order valence-electron chi connectivity index (χ2n) is 4.10. The van der Waals surface area contributed by atoms with Gasteiger partial charge < -0.3 is 18.9 Å². The zero-order valence-electron chi connectivity index (χ0n) is 11.6. The van der Waals surface area contributed by atoms with Crippen LogP contribution >= 0.6 is 30.8 Å². The molecule has 21 heavy (non-hydrogen) atoms. The van der Waals surface area contributed by atoms with Gasteiger partial charge in [0.05, 0.1) is 5.02 Å². The molecule has 0 spiro atoms. The van der Waals surface area contributed by atoms with Crippen LogP contribution < -0.4 is 4.74 Å². The van der Waals surface area contributed by atoms with Crippen molar-refractivity contribution < 1.29 is 28.3 Å². The van der Waals surface area contributed by atoms with Gasteiger partial charge in [-0.1, -0.05) is 23.2 Å². The third kappa shape index (κ3) is 4.34. The molecule has 9 heteroatoms. The average Bonchev–Trinajstić information content (AvgIpc) is 2.44. The van der Waals surface area contributed by atoms with E-state index in [9.17, 15) is 14.5 Å². The van der Waals surface area contributed by atoms with Crippen LogP contribution in [0.2, 0.25) is 10.0 Å². The molecule has 0 radical (unpaired) electrons. The first kappa shape index (κ1) is 18.3. The molecule has 0 amide bonds. The maximum atomic E-state index is 12.3. The van der Waals surface area contributed by atoms with E-state index in [0.717, 1.165) is 0 Å². The van der Waals surface area contributed by atoms with Gasteiger partial charge >= 0.3 is 13.6 Å². The van der Waals surface area contributed by atoms with Crippen LogP contribution in [0.25, 0.3) is 0 Å². The molecule has 6 nitrogen and oxygen atoms in total. The molecular formula is C12H15Cl2O6P. The van der Waals surface area contributed by atoms with Crippen molar-refractivity contribution in [3.63, 3.8) is 0 Å². The van der Waals surface area contributed by atoms with Crippen molar-refractivity contribution >= 4 is 36.8 Å².